The summed E-state index contributed by atoms with van der Waals surface area (Å²) in [6.07, 6.45) is 3.21. The molecule has 1 saturated heterocycles. The van der Waals surface area contributed by atoms with Crippen molar-refractivity contribution in [2.75, 3.05) is 19.8 Å². The van der Waals surface area contributed by atoms with Crippen LogP contribution in [0, 0.1) is 0 Å². The number of rotatable bonds is 6. The Hall–Kier alpha value is -0.160. The predicted molar refractivity (Wildman–Crippen MR) is 58.7 cm³/mol. The summed E-state index contributed by atoms with van der Waals surface area (Å²) in [6, 6.07) is 0. The van der Waals surface area contributed by atoms with Gasteiger partial charge in [0.25, 0.3) is 0 Å². The zero-order valence-electron chi connectivity index (χ0n) is 9.74. The van der Waals surface area contributed by atoms with Gasteiger partial charge in [-0.1, -0.05) is 0 Å². The largest absolute Gasteiger partial charge is 0.394 e. The zero-order chi connectivity index (χ0) is 11.3. The van der Waals surface area contributed by atoms with Gasteiger partial charge in [-0.3, -0.25) is 0 Å². The van der Waals surface area contributed by atoms with E-state index in [9.17, 15) is 0 Å². The molecule has 0 aromatic heterocycles. The molecule has 3 atom stereocenters. The van der Waals surface area contributed by atoms with Gasteiger partial charge in [0.2, 0.25) is 0 Å². The van der Waals surface area contributed by atoms with Crippen molar-refractivity contribution in [3.8, 4) is 0 Å². The third kappa shape index (κ3) is 4.93. The first-order valence-corrected chi connectivity index (χ1v) is 5.66. The third-order valence-corrected chi connectivity index (χ3v) is 2.71. The van der Waals surface area contributed by atoms with Crippen LogP contribution in [0.1, 0.15) is 33.1 Å². The number of ether oxygens (including phenoxy) is 2. The van der Waals surface area contributed by atoms with Crippen LogP contribution in [0.2, 0.25) is 0 Å². The summed E-state index contributed by atoms with van der Waals surface area (Å²) in [7, 11) is 0. The first-order chi connectivity index (χ1) is 7.03. The van der Waals surface area contributed by atoms with Gasteiger partial charge in [-0.05, 0) is 33.1 Å². The normalized spacial score (nSPS) is 27.6. The zero-order valence-corrected chi connectivity index (χ0v) is 9.74. The van der Waals surface area contributed by atoms with E-state index < -0.39 is 5.54 Å². The molecule has 3 N–H and O–H groups in total. The van der Waals surface area contributed by atoms with E-state index in [1.165, 1.54) is 0 Å². The standard InChI is InChI=1S/C11H23NO3/c1-9(6-11(2,12)8-13)15-7-10-4-3-5-14-10/h9-10,13H,3-8,12H2,1-2H3. The highest BCUT2D eigenvalue weighted by atomic mass is 16.5. The molecule has 4 nitrogen and oxygen atoms in total. The van der Waals surface area contributed by atoms with Crippen molar-refractivity contribution in [1.82, 2.24) is 0 Å². The van der Waals surface area contributed by atoms with E-state index in [2.05, 4.69) is 0 Å². The quantitative estimate of drug-likeness (QED) is 0.686. The van der Waals surface area contributed by atoms with Gasteiger partial charge in [-0.2, -0.15) is 0 Å². The lowest BCUT2D eigenvalue weighted by molar-refractivity contribution is -0.0254. The Morgan fingerprint density at radius 1 is 1.67 bits per heavy atom. The molecule has 0 aliphatic carbocycles. The molecule has 1 aliphatic heterocycles. The van der Waals surface area contributed by atoms with Gasteiger partial charge in [0.05, 0.1) is 25.4 Å². The second-order valence-corrected chi connectivity index (χ2v) is 4.80. The monoisotopic (exact) mass is 217 g/mol. The molecule has 0 spiro atoms. The summed E-state index contributed by atoms with van der Waals surface area (Å²) in [6.45, 7) is 5.30. The van der Waals surface area contributed by atoms with Crippen molar-refractivity contribution in [3.63, 3.8) is 0 Å². The highest BCUT2D eigenvalue weighted by Gasteiger charge is 2.22. The Morgan fingerprint density at radius 3 is 2.93 bits per heavy atom. The summed E-state index contributed by atoms with van der Waals surface area (Å²) in [4.78, 5) is 0. The maximum Gasteiger partial charge on any atom is 0.0809 e. The molecule has 1 heterocycles. The Balaban J connectivity index is 2.15. The minimum atomic E-state index is -0.546. The second-order valence-electron chi connectivity index (χ2n) is 4.80. The first kappa shape index (κ1) is 12.9. The molecule has 90 valence electrons. The molecular weight excluding hydrogens is 194 g/mol. The van der Waals surface area contributed by atoms with Crippen molar-refractivity contribution in [2.24, 2.45) is 5.73 Å². The third-order valence-electron chi connectivity index (χ3n) is 2.71. The van der Waals surface area contributed by atoms with E-state index in [0.717, 1.165) is 19.4 Å². The van der Waals surface area contributed by atoms with E-state index in [-0.39, 0.29) is 18.8 Å². The fourth-order valence-corrected chi connectivity index (χ4v) is 1.83. The summed E-state index contributed by atoms with van der Waals surface area (Å²) in [5.74, 6) is 0. The second kappa shape index (κ2) is 5.80. The molecule has 15 heavy (non-hydrogen) atoms. The van der Waals surface area contributed by atoms with E-state index in [1.807, 2.05) is 13.8 Å². The average Bonchev–Trinajstić information content (AvgIpc) is 2.66. The van der Waals surface area contributed by atoms with Crippen LogP contribution in [0.4, 0.5) is 0 Å². The summed E-state index contributed by atoms with van der Waals surface area (Å²) < 4.78 is 11.1. The van der Waals surface area contributed by atoms with Gasteiger partial charge in [0, 0.05) is 12.1 Å². The lowest BCUT2D eigenvalue weighted by Crippen LogP contribution is -2.43. The predicted octanol–water partition coefficient (Wildman–Crippen LogP) is 0.670. The molecule has 0 aromatic rings. The number of aliphatic hydroxyl groups is 1. The number of nitrogens with two attached hydrogens (primary N) is 1. The van der Waals surface area contributed by atoms with Gasteiger partial charge >= 0.3 is 0 Å². The van der Waals surface area contributed by atoms with Crippen LogP contribution >= 0.6 is 0 Å². The molecule has 0 bridgehead atoms. The molecule has 4 heteroatoms. The van der Waals surface area contributed by atoms with Crippen LogP contribution in [-0.2, 0) is 9.47 Å². The summed E-state index contributed by atoms with van der Waals surface area (Å²) in [5, 5.41) is 9.02. The average molecular weight is 217 g/mol. The van der Waals surface area contributed by atoms with Gasteiger partial charge in [0.1, 0.15) is 0 Å². The maximum absolute atomic E-state index is 9.02. The molecule has 1 aliphatic rings. The van der Waals surface area contributed by atoms with Crippen molar-refractivity contribution in [2.45, 2.75) is 50.9 Å². The maximum atomic E-state index is 9.02. The van der Waals surface area contributed by atoms with Crippen LogP contribution in [0.25, 0.3) is 0 Å². The number of hydrogen-bond acceptors (Lipinski definition) is 4. The van der Waals surface area contributed by atoms with E-state index in [4.69, 9.17) is 20.3 Å². The highest BCUT2D eigenvalue weighted by Crippen LogP contribution is 2.15. The highest BCUT2D eigenvalue weighted by molar-refractivity contribution is 4.80. The van der Waals surface area contributed by atoms with Crippen molar-refractivity contribution in [3.05, 3.63) is 0 Å². The Labute approximate surface area is 91.7 Å². The first-order valence-electron chi connectivity index (χ1n) is 5.66. The fraction of sp³-hybridized carbons (Fsp3) is 1.00. The van der Waals surface area contributed by atoms with Gasteiger partial charge < -0.3 is 20.3 Å². The Morgan fingerprint density at radius 2 is 2.40 bits per heavy atom. The van der Waals surface area contributed by atoms with Gasteiger partial charge in [-0.15, -0.1) is 0 Å². The van der Waals surface area contributed by atoms with Gasteiger partial charge in [0.15, 0.2) is 0 Å². The number of aliphatic hydroxyl groups excluding tert-OH is 1. The molecule has 1 rings (SSSR count). The summed E-state index contributed by atoms with van der Waals surface area (Å²) >= 11 is 0. The van der Waals surface area contributed by atoms with Crippen molar-refractivity contribution in [1.29, 1.82) is 0 Å². The van der Waals surface area contributed by atoms with Crippen LogP contribution < -0.4 is 5.73 Å². The molecule has 0 saturated carbocycles. The number of hydrogen-bond donors (Lipinski definition) is 2. The minimum absolute atomic E-state index is 0.0133. The van der Waals surface area contributed by atoms with Crippen LogP contribution in [0.3, 0.4) is 0 Å². The lowest BCUT2D eigenvalue weighted by Gasteiger charge is -2.26. The van der Waals surface area contributed by atoms with Crippen LogP contribution in [0.15, 0.2) is 0 Å². The van der Waals surface area contributed by atoms with E-state index in [1.54, 1.807) is 0 Å². The van der Waals surface area contributed by atoms with E-state index >= 15 is 0 Å². The Bertz CT molecular complexity index is 179. The molecule has 3 unspecified atom stereocenters. The molecule has 0 radical (unpaired) electrons. The molecule has 0 amide bonds. The lowest BCUT2D eigenvalue weighted by atomic mass is 9.97. The van der Waals surface area contributed by atoms with Crippen molar-refractivity contribution >= 4 is 0 Å². The minimum Gasteiger partial charge on any atom is -0.394 e. The SMILES string of the molecule is CC(CC(C)(N)CO)OCC1CCCO1. The van der Waals surface area contributed by atoms with Crippen LogP contribution in [-0.4, -0.2) is 42.7 Å². The summed E-state index contributed by atoms with van der Waals surface area (Å²) in [5.41, 5.74) is 5.29. The topological polar surface area (TPSA) is 64.7 Å². The van der Waals surface area contributed by atoms with Crippen molar-refractivity contribution < 1.29 is 14.6 Å². The smallest absolute Gasteiger partial charge is 0.0809 e. The molecule has 0 aromatic carbocycles. The molecular formula is C11H23NO3. The van der Waals surface area contributed by atoms with E-state index in [0.29, 0.717) is 13.0 Å². The Kier molecular flexibility index (Phi) is 4.99. The van der Waals surface area contributed by atoms with Gasteiger partial charge in [-0.25, -0.2) is 0 Å². The fourth-order valence-electron chi connectivity index (χ4n) is 1.83. The molecule has 1 fully saturated rings. The van der Waals surface area contributed by atoms with Crippen LogP contribution in [0.5, 0.6) is 0 Å².